The Hall–Kier alpha value is -3.47. The zero-order valence-corrected chi connectivity index (χ0v) is 23.1. The van der Waals surface area contributed by atoms with E-state index in [0.29, 0.717) is 21.9 Å². The molecule has 3 aromatic carbocycles. The Kier molecular flexibility index (Phi) is 8.42. The standard InChI is InChI=1S/C27H22BrN3O4S2/c1-16-12-21(28)22(13-17(16)2)29-24(32)15-35-20-10-8-18(9-11-20)14-23-26(34)31(27(36)37-23)30-25(33)19-6-4-3-5-7-19/h3-14H,15H2,1-2H3,(H,29,32)(H,30,33)/b23-14-. The highest BCUT2D eigenvalue weighted by molar-refractivity contribution is 9.10. The van der Waals surface area contributed by atoms with E-state index in [1.165, 1.54) is 0 Å². The lowest BCUT2D eigenvalue weighted by Gasteiger charge is -2.15. The van der Waals surface area contributed by atoms with Crippen molar-refractivity contribution in [3.63, 3.8) is 0 Å². The van der Waals surface area contributed by atoms with E-state index in [9.17, 15) is 14.4 Å². The minimum atomic E-state index is -0.423. The average Bonchev–Trinajstić information content (AvgIpc) is 3.14. The van der Waals surface area contributed by atoms with Crippen LogP contribution in [0.15, 0.2) is 76.1 Å². The third-order valence-corrected chi connectivity index (χ3v) is 7.41. The number of hydrogen-bond donors (Lipinski definition) is 2. The maximum absolute atomic E-state index is 12.8. The zero-order valence-electron chi connectivity index (χ0n) is 19.9. The Labute approximate surface area is 232 Å². The van der Waals surface area contributed by atoms with Crippen LogP contribution < -0.4 is 15.5 Å². The van der Waals surface area contributed by atoms with Crippen LogP contribution in [0.5, 0.6) is 5.75 Å². The molecule has 1 aliphatic heterocycles. The van der Waals surface area contributed by atoms with Gasteiger partial charge in [-0.15, -0.1) is 0 Å². The van der Waals surface area contributed by atoms with Crippen LogP contribution in [0, 0.1) is 13.8 Å². The van der Waals surface area contributed by atoms with Crippen LogP contribution >= 0.6 is 39.9 Å². The van der Waals surface area contributed by atoms with Crippen molar-refractivity contribution in [1.82, 2.24) is 10.4 Å². The predicted octanol–water partition coefficient (Wildman–Crippen LogP) is 5.63. The second kappa shape index (κ2) is 11.7. The van der Waals surface area contributed by atoms with Gasteiger partial charge in [-0.3, -0.25) is 19.8 Å². The van der Waals surface area contributed by atoms with Gasteiger partial charge in [-0.2, -0.15) is 5.01 Å². The van der Waals surface area contributed by atoms with E-state index in [1.54, 1.807) is 60.7 Å². The number of nitrogens with one attached hydrogen (secondary N) is 2. The van der Waals surface area contributed by atoms with Crippen molar-refractivity contribution in [2.24, 2.45) is 0 Å². The largest absolute Gasteiger partial charge is 0.484 e. The summed E-state index contributed by atoms with van der Waals surface area (Å²) in [6, 6.07) is 19.4. The number of benzene rings is 3. The van der Waals surface area contributed by atoms with E-state index in [2.05, 4.69) is 26.7 Å². The highest BCUT2D eigenvalue weighted by Gasteiger charge is 2.33. The molecule has 188 valence electrons. The number of hydrazine groups is 1. The number of amides is 3. The first-order chi connectivity index (χ1) is 17.7. The second-order valence-corrected chi connectivity index (χ2v) is 10.7. The van der Waals surface area contributed by atoms with Crippen LogP contribution in [0.2, 0.25) is 0 Å². The number of nitrogens with zero attached hydrogens (tertiary/aromatic N) is 1. The van der Waals surface area contributed by atoms with E-state index in [1.807, 2.05) is 26.0 Å². The van der Waals surface area contributed by atoms with Gasteiger partial charge in [0.25, 0.3) is 17.7 Å². The van der Waals surface area contributed by atoms with E-state index in [0.717, 1.165) is 37.9 Å². The van der Waals surface area contributed by atoms with Gasteiger partial charge >= 0.3 is 0 Å². The van der Waals surface area contributed by atoms with Crippen molar-refractivity contribution in [3.05, 3.63) is 98.4 Å². The predicted molar refractivity (Wildman–Crippen MR) is 153 cm³/mol. The number of carbonyl (C=O) groups excluding carboxylic acids is 3. The van der Waals surface area contributed by atoms with Gasteiger partial charge in [-0.05, 0) is 101 Å². The van der Waals surface area contributed by atoms with Crippen LogP contribution in [0.4, 0.5) is 5.69 Å². The van der Waals surface area contributed by atoms with Crippen molar-refractivity contribution in [2.45, 2.75) is 13.8 Å². The van der Waals surface area contributed by atoms with E-state index >= 15 is 0 Å². The van der Waals surface area contributed by atoms with Crippen molar-refractivity contribution < 1.29 is 19.1 Å². The highest BCUT2D eigenvalue weighted by Crippen LogP contribution is 2.32. The van der Waals surface area contributed by atoms with Crippen LogP contribution in [0.25, 0.3) is 6.08 Å². The van der Waals surface area contributed by atoms with Gasteiger partial charge in [0.2, 0.25) is 0 Å². The molecule has 0 spiro atoms. The number of carbonyl (C=O) groups is 3. The molecule has 1 saturated heterocycles. The SMILES string of the molecule is Cc1cc(Br)c(NC(=O)COc2ccc(/C=C3\SC(=S)N(NC(=O)c4ccccc4)C3=O)cc2)cc1C. The van der Waals surface area contributed by atoms with Crippen molar-refractivity contribution in [3.8, 4) is 5.75 Å². The molecular formula is C27H22BrN3O4S2. The molecule has 4 rings (SSSR count). The summed E-state index contributed by atoms with van der Waals surface area (Å²) in [5.41, 5.74) is 6.60. The Bertz CT molecular complexity index is 1410. The lowest BCUT2D eigenvalue weighted by atomic mass is 10.1. The number of anilines is 1. The summed E-state index contributed by atoms with van der Waals surface area (Å²) in [4.78, 5) is 37.9. The molecular weight excluding hydrogens is 574 g/mol. The molecule has 0 saturated carbocycles. The maximum Gasteiger partial charge on any atom is 0.285 e. The Morgan fingerprint density at radius 2 is 1.73 bits per heavy atom. The minimum absolute atomic E-state index is 0.154. The molecule has 0 aliphatic carbocycles. The minimum Gasteiger partial charge on any atom is -0.484 e. The summed E-state index contributed by atoms with van der Waals surface area (Å²) in [6.45, 7) is 3.83. The lowest BCUT2D eigenvalue weighted by Crippen LogP contribution is -2.44. The van der Waals surface area contributed by atoms with Crippen molar-refractivity contribution in [1.29, 1.82) is 0 Å². The molecule has 3 aromatic rings. The molecule has 0 unspecified atom stereocenters. The van der Waals surface area contributed by atoms with Gasteiger partial charge in [0.1, 0.15) is 5.75 Å². The van der Waals surface area contributed by atoms with Gasteiger partial charge in [0.15, 0.2) is 10.9 Å². The Morgan fingerprint density at radius 3 is 2.43 bits per heavy atom. The summed E-state index contributed by atoms with van der Waals surface area (Å²) >= 11 is 9.85. The molecule has 3 amide bonds. The molecule has 7 nitrogen and oxygen atoms in total. The summed E-state index contributed by atoms with van der Waals surface area (Å²) in [5.74, 6) is -0.606. The first kappa shape index (κ1) is 26.6. The van der Waals surface area contributed by atoms with E-state index < -0.39 is 11.8 Å². The molecule has 0 radical (unpaired) electrons. The maximum atomic E-state index is 12.8. The number of rotatable bonds is 7. The van der Waals surface area contributed by atoms with Crippen LogP contribution in [0.1, 0.15) is 27.0 Å². The van der Waals surface area contributed by atoms with Gasteiger partial charge in [-0.1, -0.05) is 42.1 Å². The second-order valence-electron chi connectivity index (χ2n) is 8.15. The molecule has 1 fully saturated rings. The molecule has 37 heavy (non-hydrogen) atoms. The zero-order chi connectivity index (χ0) is 26.5. The lowest BCUT2D eigenvalue weighted by molar-refractivity contribution is -0.123. The third-order valence-electron chi connectivity index (χ3n) is 5.45. The molecule has 2 N–H and O–H groups in total. The number of hydrogen-bond acceptors (Lipinski definition) is 6. The van der Waals surface area contributed by atoms with Gasteiger partial charge in [-0.25, -0.2) is 0 Å². The molecule has 10 heteroatoms. The Morgan fingerprint density at radius 1 is 1.05 bits per heavy atom. The number of thiocarbonyl (C=S) groups is 1. The van der Waals surface area contributed by atoms with Gasteiger partial charge in [0.05, 0.1) is 10.6 Å². The van der Waals surface area contributed by atoms with Gasteiger partial charge in [0, 0.05) is 10.0 Å². The normalized spacial score (nSPS) is 14.1. The fourth-order valence-corrected chi connectivity index (χ4v) is 5.08. The number of ether oxygens (including phenoxy) is 1. The Balaban J connectivity index is 1.34. The monoisotopic (exact) mass is 595 g/mol. The molecule has 1 aliphatic rings. The topological polar surface area (TPSA) is 87.7 Å². The molecule has 0 atom stereocenters. The summed E-state index contributed by atoms with van der Waals surface area (Å²) < 4.78 is 6.65. The fourth-order valence-electron chi connectivity index (χ4n) is 3.34. The first-order valence-electron chi connectivity index (χ1n) is 11.1. The first-order valence-corrected chi connectivity index (χ1v) is 13.2. The summed E-state index contributed by atoms with van der Waals surface area (Å²) in [6.07, 6.45) is 1.68. The van der Waals surface area contributed by atoms with Gasteiger partial charge < -0.3 is 10.1 Å². The smallest absolute Gasteiger partial charge is 0.285 e. The van der Waals surface area contributed by atoms with Crippen LogP contribution in [-0.2, 0) is 9.59 Å². The van der Waals surface area contributed by atoms with E-state index in [-0.39, 0.29) is 16.8 Å². The quantitative estimate of drug-likeness (QED) is 0.272. The number of thioether (sulfide) groups is 1. The summed E-state index contributed by atoms with van der Waals surface area (Å²) in [5, 5.41) is 3.91. The van der Waals surface area contributed by atoms with Crippen molar-refractivity contribution in [2.75, 3.05) is 11.9 Å². The fraction of sp³-hybridized carbons (Fsp3) is 0.111. The number of halogens is 1. The van der Waals surface area contributed by atoms with Crippen molar-refractivity contribution >= 4 is 73.7 Å². The average molecular weight is 597 g/mol. The molecule has 1 heterocycles. The molecule has 0 bridgehead atoms. The van der Waals surface area contributed by atoms with E-state index in [4.69, 9.17) is 17.0 Å². The summed E-state index contributed by atoms with van der Waals surface area (Å²) in [7, 11) is 0. The molecule has 0 aromatic heterocycles. The highest BCUT2D eigenvalue weighted by atomic mass is 79.9. The number of aryl methyl sites for hydroxylation is 2. The van der Waals surface area contributed by atoms with Crippen LogP contribution in [-0.4, -0.2) is 33.7 Å². The third kappa shape index (κ3) is 6.65. The van der Waals surface area contributed by atoms with Crippen LogP contribution in [0.3, 0.4) is 0 Å².